The van der Waals surface area contributed by atoms with E-state index < -0.39 is 5.41 Å². The quantitative estimate of drug-likeness (QED) is 0.798. The fourth-order valence-corrected chi connectivity index (χ4v) is 1.38. The zero-order valence-electron chi connectivity index (χ0n) is 9.97. The summed E-state index contributed by atoms with van der Waals surface area (Å²) in [5.74, 6) is -0.153. The monoisotopic (exact) mass is 235 g/mol. The van der Waals surface area contributed by atoms with Crippen molar-refractivity contribution in [2.24, 2.45) is 5.41 Å². The molecule has 0 radical (unpaired) electrons. The van der Waals surface area contributed by atoms with Gasteiger partial charge in [-0.3, -0.25) is 9.89 Å². The number of H-pyrrole nitrogens is 1. The van der Waals surface area contributed by atoms with Crippen LogP contribution in [-0.2, 0) is 4.79 Å². The molecular weight excluding hydrogens is 221 g/mol. The average Bonchev–Trinajstić information content (AvgIpc) is 2.60. The maximum absolute atomic E-state index is 13.1. The van der Waals surface area contributed by atoms with Gasteiger partial charge in [0.2, 0.25) is 5.91 Å². The van der Waals surface area contributed by atoms with Gasteiger partial charge in [-0.1, -0.05) is 20.8 Å². The number of aromatic nitrogens is 2. The van der Waals surface area contributed by atoms with Crippen LogP contribution in [0.25, 0.3) is 10.9 Å². The van der Waals surface area contributed by atoms with Gasteiger partial charge in [0.05, 0.1) is 5.52 Å². The molecule has 0 aliphatic heterocycles. The zero-order valence-corrected chi connectivity index (χ0v) is 9.97. The Morgan fingerprint density at radius 1 is 1.41 bits per heavy atom. The molecule has 0 spiro atoms. The van der Waals surface area contributed by atoms with Crippen LogP contribution in [0.1, 0.15) is 20.8 Å². The molecule has 0 bridgehead atoms. The van der Waals surface area contributed by atoms with Gasteiger partial charge in [-0.05, 0) is 18.2 Å². The van der Waals surface area contributed by atoms with E-state index >= 15 is 0 Å². The van der Waals surface area contributed by atoms with Crippen LogP contribution in [0.5, 0.6) is 0 Å². The van der Waals surface area contributed by atoms with Crippen LogP contribution >= 0.6 is 0 Å². The number of nitrogens with zero attached hydrogens (tertiary/aromatic N) is 1. The number of halogens is 1. The zero-order chi connectivity index (χ0) is 12.6. The Morgan fingerprint density at radius 3 is 2.76 bits per heavy atom. The molecule has 1 heterocycles. The Balaban J connectivity index is 2.37. The number of nitrogens with one attached hydrogen (secondary N) is 2. The van der Waals surface area contributed by atoms with Gasteiger partial charge in [-0.25, -0.2) is 4.39 Å². The molecule has 17 heavy (non-hydrogen) atoms. The van der Waals surface area contributed by atoms with Crippen LogP contribution in [0.4, 0.5) is 10.2 Å². The summed E-state index contributed by atoms with van der Waals surface area (Å²) in [5.41, 5.74) is 0.175. The first-order valence-electron chi connectivity index (χ1n) is 5.33. The lowest BCUT2D eigenvalue weighted by Crippen LogP contribution is -2.27. The Morgan fingerprint density at radius 2 is 2.12 bits per heavy atom. The van der Waals surface area contributed by atoms with Crippen molar-refractivity contribution in [1.29, 1.82) is 0 Å². The number of anilines is 1. The number of benzene rings is 1. The second kappa shape index (κ2) is 3.84. The molecule has 2 rings (SSSR count). The third kappa shape index (κ3) is 2.27. The number of amides is 1. The summed E-state index contributed by atoms with van der Waals surface area (Å²) in [7, 11) is 0. The Kier molecular flexibility index (Phi) is 2.61. The highest BCUT2D eigenvalue weighted by Gasteiger charge is 2.22. The SMILES string of the molecule is CC(C)(C)C(=O)Nc1n[nH]c2ccc(F)cc12. The third-order valence-corrected chi connectivity index (χ3v) is 2.44. The minimum Gasteiger partial charge on any atom is -0.308 e. The van der Waals surface area contributed by atoms with Gasteiger partial charge in [-0.15, -0.1) is 0 Å². The van der Waals surface area contributed by atoms with Crippen LogP contribution in [0.3, 0.4) is 0 Å². The van der Waals surface area contributed by atoms with Gasteiger partial charge in [-0.2, -0.15) is 5.10 Å². The van der Waals surface area contributed by atoms with E-state index in [1.807, 2.05) is 0 Å². The molecule has 5 heteroatoms. The maximum Gasteiger partial charge on any atom is 0.230 e. The lowest BCUT2D eigenvalue weighted by atomic mass is 9.96. The lowest BCUT2D eigenvalue weighted by Gasteiger charge is -2.16. The van der Waals surface area contributed by atoms with Gasteiger partial charge in [0.1, 0.15) is 5.82 Å². The first-order chi connectivity index (χ1) is 7.88. The summed E-state index contributed by atoms with van der Waals surface area (Å²) in [6.07, 6.45) is 0. The highest BCUT2D eigenvalue weighted by molar-refractivity contribution is 6.01. The maximum atomic E-state index is 13.1. The molecule has 1 aromatic heterocycles. The predicted molar refractivity (Wildman–Crippen MR) is 64.1 cm³/mol. The van der Waals surface area contributed by atoms with Crippen molar-refractivity contribution in [3.8, 4) is 0 Å². The van der Waals surface area contributed by atoms with Crippen molar-refractivity contribution < 1.29 is 9.18 Å². The first-order valence-corrected chi connectivity index (χ1v) is 5.33. The molecular formula is C12H14FN3O. The molecule has 2 N–H and O–H groups in total. The standard InChI is InChI=1S/C12H14FN3O/c1-12(2,3)11(17)14-10-8-6-7(13)4-5-9(8)15-16-10/h4-6H,1-3H3,(H2,14,15,16,17). The van der Waals surface area contributed by atoms with Crippen LogP contribution in [0.2, 0.25) is 0 Å². The van der Waals surface area contributed by atoms with Gasteiger partial charge < -0.3 is 5.32 Å². The number of hydrogen-bond acceptors (Lipinski definition) is 2. The van der Waals surface area contributed by atoms with Crippen LogP contribution < -0.4 is 5.32 Å². The second-order valence-electron chi connectivity index (χ2n) is 4.97. The summed E-state index contributed by atoms with van der Waals surface area (Å²) in [6, 6.07) is 4.28. The number of aromatic amines is 1. The fourth-order valence-electron chi connectivity index (χ4n) is 1.38. The van der Waals surface area contributed by atoms with Crippen LogP contribution in [0, 0.1) is 11.2 Å². The summed E-state index contributed by atoms with van der Waals surface area (Å²) in [5, 5.41) is 9.96. The molecule has 0 saturated carbocycles. The summed E-state index contributed by atoms with van der Waals surface area (Å²) >= 11 is 0. The van der Waals surface area contributed by atoms with E-state index in [1.54, 1.807) is 26.8 Å². The van der Waals surface area contributed by atoms with E-state index in [0.717, 1.165) is 0 Å². The van der Waals surface area contributed by atoms with Gasteiger partial charge in [0, 0.05) is 10.8 Å². The number of rotatable bonds is 1. The molecule has 0 unspecified atom stereocenters. The number of carbonyl (C=O) groups excluding carboxylic acids is 1. The Labute approximate surface area is 98.2 Å². The molecule has 0 fully saturated rings. The molecule has 0 aliphatic rings. The smallest absolute Gasteiger partial charge is 0.230 e. The predicted octanol–water partition coefficient (Wildman–Crippen LogP) is 2.69. The van der Waals surface area contributed by atoms with Crippen molar-refractivity contribution in [3.63, 3.8) is 0 Å². The minimum absolute atomic E-state index is 0.157. The Bertz CT molecular complexity index is 569. The fraction of sp³-hybridized carbons (Fsp3) is 0.333. The summed E-state index contributed by atoms with van der Waals surface area (Å²) in [4.78, 5) is 11.8. The number of carbonyl (C=O) groups is 1. The van der Waals surface area contributed by atoms with E-state index in [2.05, 4.69) is 15.5 Å². The van der Waals surface area contributed by atoms with E-state index in [4.69, 9.17) is 0 Å². The van der Waals surface area contributed by atoms with Crippen molar-refractivity contribution in [2.75, 3.05) is 5.32 Å². The van der Waals surface area contributed by atoms with Gasteiger partial charge >= 0.3 is 0 Å². The molecule has 90 valence electrons. The molecule has 1 aromatic carbocycles. The topological polar surface area (TPSA) is 57.8 Å². The van der Waals surface area contributed by atoms with E-state index in [-0.39, 0.29) is 11.7 Å². The van der Waals surface area contributed by atoms with E-state index in [0.29, 0.717) is 16.7 Å². The van der Waals surface area contributed by atoms with Crippen molar-refractivity contribution >= 4 is 22.6 Å². The van der Waals surface area contributed by atoms with Gasteiger partial charge in [0.25, 0.3) is 0 Å². The molecule has 0 saturated heterocycles. The van der Waals surface area contributed by atoms with Crippen molar-refractivity contribution in [2.45, 2.75) is 20.8 Å². The minimum atomic E-state index is -0.515. The van der Waals surface area contributed by atoms with E-state index in [9.17, 15) is 9.18 Å². The lowest BCUT2D eigenvalue weighted by molar-refractivity contribution is -0.123. The normalized spacial score (nSPS) is 11.8. The summed E-state index contributed by atoms with van der Waals surface area (Å²) < 4.78 is 13.1. The van der Waals surface area contributed by atoms with Crippen LogP contribution in [-0.4, -0.2) is 16.1 Å². The third-order valence-electron chi connectivity index (χ3n) is 2.44. The van der Waals surface area contributed by atoms with Crippen LogP contribution in [0.15, 0.2) is 18.2 Å². The molecule has 0 aliphatic carbocycles. The Hall–Kier alpha value is -1.91. The molecule has 4 nitrogen and oxygen atoms in total. The molecule has 1 amide bonds. The van der Waals surface area contributed by atoms with Gasteiger partial charge in [0.15, 0.2) is 5.82 Å². The highest BCUT2D eigenvalue weighted by Crippen LogP contribution is 2.23. The van der Waals surface area contributed by atoms with Crippen molar-refractivity contribution in [3.05, 3.63) is 24.0 Å². The number of hydrogen-bond donors (Lipinski definition) is 2. The average molecular weight is 235 g/mol. The second-order valence-corrected chi connectivity index (χ2v) is 4.97. The summed E-state index contributed by atoms with van der Waals surface area (Å²) in [6.45, 7) is 5.41. The van der Waals surface area contributed by atoms with E-state index in [1.165, 1.54) is 12.1 Å². The molecule has 2 aromatic rings. The highest BCUT2D eigenvalue weighted by atomic mass is 19.1. The first kappa shape index (κ1) is 11.6. The van der Waals surface area contributed by atoms with Crippen molar-refractivity contribution in [1.82, 2.24) is 10.2 Å². The molecule has 0 atom stereocenters. The number of fused-ring (bicyclic) bond motifs is 1. The largest absolute Gasteiger partial charge is 0.308 e.